The van der Waals surface area contributed by atoms with Gasteiger partial charge in [-0.15, -0.1) is 0 Å². The van der Waals surface area contributed by atoms with Crippen LogP contribution in [0, 0.1) is 0 Å². The van der Waals surface area contributed by atoms with Crippen LogP contribution in [0.3, 0.4) is 0 Å². The van der Waals surface area contributed by atoms with Crippen LogP contribution in [0.1, 0.15) is 0 Å². The summed E-state index contributed by atoms with van der Waals surface area (Å²) in [6, 6.07) is 0. The van der Waals surface area contributed by atoms with Crippen molar-refractivity contribution in [2.75, 3.05) is 0 Å². The minimum atomic E-state index is -7.43. The van der Waals surface area contributed by atoms with Crippen molar-refractivity contribution in [3.63, 3.8) is 0 Å². The van der Waals surface area contributed by atoms with Gasteiger partial charge in [0.1, 0.15) is 0 Å². The van der Waals surface area contributed by atoms with Crippen molar-refractivity contribution in [2.24, 2.45) is 0 Å². The molecule has 3 nitrogen and oxygen atoms in total. The molecule has 0 heterocycles. The Morgan fingerprint density at radius 3 is 1.17 bits per heavy atom. The van der Waals surface area contributed by atoms with Gasteiger partial charge in [-0.1, -0.05) is 0 Å². The van der Waals surface area contributed by atoms with Crippen molar-refractivity contribution in [3.8, 4) is 0 Å². The first kappa shape index (κ1) is 20.5. The maximum absolute atomic E-state index is 12.2. The van der Waals surface area contributed by atoms with E-state index in [4.69, 9.17) is 0 Å². The van der Waals surface area contributed by atoms with Crippen LogP contribution in [0.2, 0.25) is 0 Å². The van der Waals surface area contributed by atoms with E-state index in [0.29, 0.717) is 0 Å². The maximum atomic E-state index is 12.2. The first-order valence-corrected chi connectivity index (χ1v) is 4.56. The molecule has 0 rings (SSSR count). The van der Waals surface area contributed by atoms with Gasteiger partial charge in [-0.25, -0.2) is 8.42 Å². The Morgan fingerprint density at radius 2 is 1.00 bits per heavy atom. The normalized spacial score (nSPS) is 15.2. The van der Waals surface area contributed by atoms with Gasteiger partial charge in [-0.05, 0) is 0 Å². The van der Waals surface area contributed by atoms with E-state index in [2.05, 4.69) is 0 Å². The molecule has 18 heavy (non-hydrogen) atoms. The Bertz CT molecular complexity index is 399. The van der Waals surface area contributed by atoms with Gasteiger partial charge >= 0.3 is 50.9 Å². The molecular formula is C4F9HgO3S. The van der Waals surface area contributed by atoms with Crippen LogP contribution in [0.5, 0.6) is 0 Å². The topological polar surface area (TPSA) is 57.2 Å². The minimum Gasteiger partial charge on any atom is -0.743 e. The summed E-state index contributed by atoms with van der Waals surface area (Å²) in [6.07, 6.45) is -7.16. The van der Waals surface area contributed by atoms with Crippen molar-refractivity contribution >= 4 is 10.1 Å². The number of hydrogen-bond donors (Lipinski definition) is 0. The number of rotatable bonds is 3. The van der Waals surface area contributed by atoms with Crippen LogP contribution in [0.4, 0.5) is 39.5 Å². The Morgan fingerprint density at radius 1 is 0.722 bits per heavy atom. The summed E-state index contributed by atoms with van der Waals surface area (Å²) >= 11 is 0. The summed E-state index contributed by atoms with van der Waals surface area (Å²) in [5.41, 5.74) is 0. The molecule has 1 radical (unpaired) electrons. The van der Waals surface area contributed by atoms with E-state index in [1.54, 1.807) is 0 Å². The summed E-state index contributed by atoms with van der Waals surface area (Å²) in [7, 11) is -7.42. The van der Waals surface area contributed by atoms with E-state index < -0.39 is 33.4 Å². The molecule has 0 aromatic rings. The smallest absolute Gasteiger partial charge is 0.743 e. The van der Waals surface area contributed by atoms with E-state index in [-0.39, 0.29) is 27.7 Å². The zero-order valence-corrected chi connectivity index (χ0v) is 14.1. The van der Waals surface area contributed by atoms with E-state index in [1.807, 2.05) is 0 Å². The quantitative estimate of drug-likeness (QED) is 0.339. The molecule has 0 aromatic carbocycles. The van der Waals surface area contributed by atoms with E-state index in [0.717, 1.165) is 0 Å². The predicted molar refractivity (Wildman–Crippen MR) is 30.6 cm³/mol. The molecule has 0 aromatic heterocycles. The van der Waals surface area contributed by atoms with Crippen molar-refractivity contribution in [3.05, 3.63) is 0 Å². The molecule has 0 saturated carbocycles. The summed E-state index contributed by atoms with van der Waals surface area (Å²) in [6.45, 7) is 0. The van der Waals surface area contributed by atoms with Gasteiger partial charge in [-0.2, -0.15) is 39.5 Å². The van der Waals surface area contributed by atoms with Crippen molar-refractivity contribution in [1.82, 2.24) is 0 Å². The molecule has 0 bridgehead atoms. The van der Waals surface area contributed by atoms with E-state index in [9.17, 15) is 52.5 Å². The van der Waals surface area contributed by atoms with Gasteiger partial charge < -0.3 is 4.55 Å². The molecule has 14 heteroatoms. The molecule has 0 aliphatic heterocycles. The third-order valence-corrected chi connectivity index (χ3v) is 2.31. The molecule has 0 saturated heterocycles. The molecule has 0 unspecified atom stereocenters. The van der Waals surface area contributed by atoms with Crippen LogP contribution in [-0.2, 0) is 37.8 Å². The second-order valence-corrected chi connectivity index (χ2v) is 4.04. The van der Waals surface area contributed by atoms with Crippen LogP contribution in [-0.4, -0.2) is 36.2 Å². The minimum absolute atomic E-state index is 0. The molecule has 0 aliphatic rings. The fraction of sp³-hybridized carbons (Fsp3) is 1.00. The summed E-state index contributed by atoms with van der Waals surface area (Å²) in [5, 5.41) is -7.11. The molecule has 105 valence electrons. The zero-order valence-electron chi connectivity index (χ0n) is 7.74. The molecule has 0 atom stereocenters. The molecule has 0 fully saturated rings. The van der Waals surface area contributed by atoms with Crippen molar-refractivity contribution in [2.45, 2.75) is 23.3 Å². The Labute approximate surface area is 114 Å². The van der Waals surface area contributed by atoms with Gasteiger partial charge in [-0.3, -0.25) is 0 Å². The van der Waals surface area contributed by atoms with Crippen LogP contribution >= 0.6 is 0 Å². The average Bonchev–Trinajstić information content (AvgIpc) is 1.98. The second kappa shape index (κ2) is 4.96. The predicted octanol–water partition coefficient (Wildman–Crippen LogP) is 1.95. The van der Waals surface area contributed by atoms with Crippen LogP contribution in [0.15, 0.2) is 0 Å². The first-order chi connectivity index (χ1) is 7.00. The van der Waals surface area contributed by atoms with Crippen molar-refractivity contribution < 1.29 is 80.2 Å². The largest absolute Gasteiger partial charge is 1.00 e. The summed E-state index contributed by atoms with van der Waals surface area (Å²) < 4.78 is 135. The van der Waals surface area contributed by atoms with Crippen LogP contribution < -0.4 is 0 Å². The third-order valence-electron chi connectivity index (χ3n) is 1.43. The fourth-order valence-electron chi connectivity index (χ4n) is 0.518. The molecule has 0 spiro atoms. The van der Waals surface area contributed by atoms with Crippen molar-refractivity contribution in [1.29, 1.82) is 0 Å². The summed E-state index contributed by atoms with van der Waals surface area (Å²) in [4.78, 5) is 0. The van der Waals surface area contributed by atoms with Gasteiger partial charge in [0, 0.05) is 0 Å². The Hall–Kier alpha value is 0.215. The SMILES string of the molecule is O=S(=O)([O-])C(F)(F)C(F)(F)C(F)(F)C(F)(F)F.[Hg+]. The van der Waals surface area contributed by atoms with E-state index >= 15 is 0 Å². The van der Waals surface area contributed by atoms with Gasteiger partial charge in [0.25, 0.3) is 0 Å². The third kappa shape index (κ3) is 2.86. The van der Waals surface area contributed by atoms with Gasteiger partial charge in [0.2, 0.25) is 0 Å². The van der Waals surface area contributed by atoms with Gasteiger partial charge in [0.15, 0.2) is 10.1 Å². The number of hydrogen-bond acceptors (Lipinski definition) is 3. The average molecular weight is 500 g/mol. The standard InChI is InChI=1S/C4HF9O3S.Hg/c5-1(6,3(9,10)11)2(7,8)4(12,13)17(14,15)16;/h(H,14,15,16);/q;+1/p-1. The molecular weight excluding hydrogens is 500 g/mol. The monoisotopic (exact) mass is 501 g/mol. The fourth-order valence-corrected chi connectivity index (χ4v) is 0.960. The van der Waals surface area contributed by atoms with E-state index in [1.165, 1.54) is 0 Å². The zero-order chi connectivity index (χ0) is 14.5. The maximum Gasteiger partial charge on any atom is 1.00 e. The number of alkyl halides is 9. The molecule has 0 amide bonds. The first-order valence-electron chi connectivity index (χ1n) is 3.15. The van der Waals surface area contributed by atoms with Gasteiger partial charge in [0.05, 0.1) is 0 Å². The second-order valence-electron chi connectivity index (χ2n) is 2.62. The Kier molecular flexibility index (Phi) is 5.66. The molecule has 0 aliphatic carbocycles. The summed E-state index contributed by atoms with van der Waals surface area (Å²) in [5.74, 6) is -14.8. The molecule has 0 N–H and O–H groups in total. The van der Waals surface area contributed by atoms with Crippen LogP contribution in [0.25, 0.3) is 0 Å². The number of halogens is 9. The Balaban J connectivity index is 0.